The monoisotopic (exact) mass is 345 g/mol. The van der Waals surface area contributed by atoms with E-state index in [0.717, 1.165) is 11.1 Å². The lowest BCUT2D eigenvalue weighted by atomic mass is 10.0. The van der Waals surface area contributed by atoms with Crippen molar-refractivity contribution in [1.82, 2.24) is 16.0 Å². The van der Waals surface area contributed by atoms with Crippen molar-refractivity contribution in [2.24, 2.45) is 0 Å². The maximum absolute atomic E-state index is 12.0. The minimum atomic E-state index is -0.427. The van der Waals surface area contributed by atoms with Crippen LogP contribution >= 0.6 is 0 Å². The van der Waals surface area contributed by atoms with Gasteiger partial charge in [0.05, 0.1) is 32.5 Å². The maximum atomic E-state index is 12.0. The van der Waals surface area contributed by atoms with Crippen molar-refractivity contribution in [3.63, 3.8) is 0 Å². The number of ether oxygens (including phenoxy) is 1. The second-order valence-corrected chi connectivity index (χ2v) is 5.65. The third-order valence-electron chi connectivity index (χ3n) is 3.65. The number of furan rings is 1. The third kappa shape index (κ3) is 5.56. The number of carbonyl (C=O) groups is 2. The summed E-state index contributed by atoms with van der Waals surface area (Å²) in [5.41, 5.74) is 1.95. The van der Waals surface area contributed by atoms with Crippen LogP contribution in [0, 0.1) is 6.92 Å². The Balaban J connectivity index is 1.79. The lowest BCUT2D eigenvalue weighted by Gasteiger charge is -2.18. The number of aryl methyl sites for hydroxylation is 1. The summed E-state index contributed by atoms with van der Waals surface area (Å²) in [7, 11) is 1.59. The van der Waals surface area contributed by atoms with Crippen LogP contribution in [0.5, 0.6) is 5.75 Å². The molecule has 3 amide bonds. The van der Waals surface area contributed by atoms with Crippen molar-refractivity contribution in [1.29, 1.82) is 0 Å². The van der Waals surface area contributed by atoms with Crippen molar-refractivity contribution < 1.29 is 18.7 Å². The second kappa shape index (κ2) is 8.77. The molecule has 1 atom stereocenters. The number of urea groups is 1. The van der Waals surface area contributed by atoms with E-state index in [9.17, 15) is 9.59 Å². The summed E-state index contributed by atoms with van der Waals surface area (Å²) in [6, 6.07) is 8.58. The fourth-order valence-electron chi connectivity index (χ4n) is 2.34. The van der Waals surface area contributed by atoms with Crippen LogP contribution < -0.4 is 20.7 Å². The molecule has 0 aliphatic carbocycles. The number of hydrogen-bond donors (Lipinski definition) is 3. The van der Waals surface area contributed by atoms with Crippen LogP contribution in [0.15, 0.2) is 41.0 Å². The van der Waals surface area contributed by atoms with Gasteiger partial charge in [-0.3, -0.25) is 4.79 Å². The second-order valence-electron chi connectivity index (χ2n) is 5.65. The predicted octanol–water partition coefficient (Wildman–Crippen LogP) is 2.27. The van der Waals surface area contributed by atoms with E-state index in [2.05, 4.69) is 16.0 Å². The summed E-state index contributed by atoms with van der Waals surface area (Å²) in [5.74, 6) is 1.06. The molecule has 7 heteroatoms. The molecule has 2 rings (SSSR count). The molecule has 7 nitrogen and oxygen atoms in total. The standard InChI is InChI=1S/C18H23N3O4/c1-12-6-7-16(24-3)15(9-12)13(2)21-18(23)20-11-17(22)19-10-14-5-4-8-25-14/h4-9,13H,10-11H2,1-3H3,(H,19,22)(H2,20,21,23). The Hall–Kier alpha value is -2.96. The first-order valence-corrected chi connectivity index (χ1v) is 7.97. The fraction of sp³-hybridized carbons (Fsp3) is 0.333. The topological polar surface area (TPSA) is 92.6 Å². The average molecular weight is 345 g/mol. The highest BCUT2D eigenvalue weighted by atomic mass is 16.5. The highest BCUT2D eigenvalue weighted by Crippen LogP contribution is 2.25. The van der Waals surface area contributed by atoms with Gasteiger partial charge in [0.2, 0.25) is 5.91 Å². The molecule has 0 saturated heterocycles. The Labute approximate surface area is 146 Å². The summed E-state index contributed by atoms with van der Waals surface area (Å²) in [6.45, 7) is 3.99. The van der Waals surface area contributed by atoms with Gasteiger partial charge in [-0.15, -0.1) is 0 Å². The highest BCUT2D eigenvalue weighted by molar-refractivity contribution is 5.84. The van der Waals surface area contributed by atoms with Crippen molar-refractivity contribution in [3.8, 4) is 5.75 Å². The molecule has 0 aliphatic rings. The van der Waals surface area contributed by atoms with E-state index in [-0.39, 0.29) is 25.0 Å². The van der Waals surface area contributed by atoms with Crippen LogP contribution in [-0.4, -0.2) is 25.6 Å². The maximum Gasteiger partial charge on any atom is 0.315 e. The molecule has 3 N–H and O–H groups in total. The molecular weight excluding hydrogens is 322 g/mol. The van der Waals surface area contributed by atoms with Gasteiger partial charge in [0.25, 0.3) is 0 Å². The predicted molar refractivity (Wildman–Crippen MR) is 93.2 cm³/mol. The molecule has 0 saturated carbocycles. The van der Waals surface area contributed by atoms with Crippen LogP contribution in [0.25, 0.3) is 0 Å². The molecule has 0 radical (unpaired) electrons. The van der Waals surface area contributed by atoms with E-state index in [1.54, 1.807) is 19.2 Å². The summed E-state index contributed by atoms with van der Waals surface area (Å²) in [4.78, 5) is 23.7. The van der Waals surface area contributed by atoms with E-state index in [4.69, 9.17) is 9.15 Å². The minimum absolute atomic E-state index is 0.121. The molecular formula is C18H23N3O4. The molecule has 1 aromatic heterocycles. The SMILES string of the molecule is COc1ccc(C)cc1C(C)NC(=O)NCC(=O)NCc1ccco1. The zero-order valence-corrected chi connectivity index (χ0v) is 14.6. The van der Waals surface area contributed by atoms with Crippen molar-refractivity contribution >= 4 is 11.9 Å². The van der Waals surface area contributed by atoms with Gasteiger partial charge >= 0.3 is 6.03 Å². The Morgan fingerprint density at radius 2 is 2.04 bits per heavy atom. The minimum Gasteiger partial charge on any atom is -0.496 e. The van der Waals surface area contributed by atoms with E-state index in [1.807, 2.05) is 32.0 Å². The number of methoxy groups -OCH3 is 1. The zero-order valence-electron chi connectivity index (χ0n) is 14.6. The van der Waals surface area contributed by atoms with Crippen LogP contribution in [0.2, 0.25) is 0 Å². The highest BCUT2D eigenvalue weighted by Gasteiger charge is 2.14. The Morgan fingerprint density at radius 1 is 1.24 bits per heavy atom. The Morgan fingerprint density at radius 3 is 2.72 bits per heavy atom. The van der Waals surface area contributed by atoms with Crippen LogP contribution in [0.3, 0.4) is 0 Å². The van der Waals surface area contributed by atoms with E-state index in [0.29, 0.717) is 11.5 Å². The smallest absolute Gasteiger partial charge is 0.315 e. The third-order valence-corrected chi connectivity index (χ3v) is 3.65. The first-order valence-electron chi connectivity index (χ1n) is 7.97. The molecule has 2 aromatic rings. The van der Waals surface area contributed by atoms with Crippen LogP contribution in [0.4, 0.5) is 4.79 Å². The normalized spacial score (nSPS) is 11.5. The lowest BCUT2D eigenvalue weighted by molar-refractivity contribution is -0.120. The molecule has 0 bridgehead atoms. The zero-order chi connectivity index (χ0) is 18.2. The van der Waals surface area contributed by atoms with Crippen molar-refractivity contribution in [2.45, 2.75) is 26.4 Å². The molecule has 1 heterocycles. The molecule has 0 spiro atoms. The van der Waals surface area contributed by atoms with Gasteiger partial charge in [0, 0.05) is 5.56 Å². The van der Waals surface area contributed by atoms with Crippen molar-refractivity contribution in [2.75, 3.05) is 13.7 Å². The number of benzene rings is 1. The number of carbonyl (C=O) groups excluding carboxylic acids is 2. The summed E-state index contributed by atoms with van der Waals surface area (Å²) < 4.78 is 10.4. The first kappa shape index (κ1) is 18.4. The number of amides is 3. The fourth-order valence-corrected chi connectivity index (χ4v) is 2.34. The first-order chi connectivity index (χ1) is 12.0. The van der Waals surface area contributed by atoms with Gasteiger partial charge in [-0.25, -0.2) is 4.79 Å². The average Bonchev–Trinajstić information content (AvgIpc) is 3.11. The van der Waals surface area contributed by atoms with E-state index < -0.39 is 6.03 Å². The van der Waals surface area contributed by atoms with Gasteiger partial charge in [0.1, 0.15) is 11.5 Å². The van der Waals surface area contributed by atoms with Crippen LogP contribution in [0.1, 0.15) is 29.9 Å². The van der Waals surface area contributed by atoms with E-state index in [1.165, 1.54) is 6.26 Å². The Bertz CT molecular complexity index is 713. The molecule has 0 fully saturated rings. The van der Waals surface area contributed by atoms with Gasteiger partial charge in [-0.1, -0.05) is 17.7 Å². The van der Waals surface area contributed by atoms with Gasteiger partial charge in [-0.05, 0) is 32.0 Å². The lowest BCUT2D eigenvalue weighted by Crippen LogP contribution is -2.42. The largest absolute Gasteiger partial charge is 0.496 e. The number of hydrogen-bond acceptors (Lipinski definition) is 4. The quantitative estimate of drug-likeness (QED) is 0.718. The van der Waals surface area contributed by atoms with Gasteiger partial charge in [0.15, 0.2) is 0 Å². The Kier molecular flexibility index (Phi) is 6.45. The number of nitrogens with one attached hydrogen (secondary N) is 3. The molecule has 1 unspecified atom stereocenters. The summed E-state index contributed by atoms with van der Waals surface area (Å²) in [6.07, 6.45) is 1.54. The number of rotatable bonds is 7. The summed E-state index contributed by atoms with van der Waals surface area (Å²) in [5, 5.41) is 7.98. The molecule has 0 aliphatic heterocycles. The molecule has 134 valence electrons. The van der Waals surface area contributed by atoms with Crippen molar-refractivity contribution in [3.05, 3.63) is 53.5 Å². The van der Waals surface area contributed by atoms with Gasteiger partial charge in [-0.2, -0.15) is 0 Å². The summed E-state index contributed by atoms with van der Waals surface area (Å²) >= 11 is 0. The molecule has 1 aromatic carbocycles. The van der Waals surface area contributed by atoms with Gasteiger partial charge < -0.3 is 25.1 Å². The van der Waals surface area contributed by atoms with Crippen LogP contribution in [-0.2, 0) is 11.3 Å². The van der Waals surface area contributed by atoms with E-state index >= 15 is 0 Å². The molecule has 25 heavy (non-hydrogen) atoms.